The number of nitrogens with two attached hydrogens (primary N) is 1. The summed E-state index contributed by atoms with van der Waals surface area (Å²) < 4.78 is 28.4. The summed E-state index contributed by atoms with van der Waals surface area (Å²) in [4.78, 5) is 1.74. The fourth-order valence-corrected chi connectivity index (χ4v) is 3.29. The zero-order valence-electron chi connectivity index (χ0n) is 12.5. The summed E-state index contributed by atoms with van der Waals surface area (Å²) in [7, 11) is 1.76. The van der Waals surface area contributed by atoms with Gasteiger partial charge in [0.15, 0.2) is 0 Å². The lowest BCUT2D eigenvalue weighted by molar-refractivity contribution is 0.311. The highest BCUT2D eigenvalue weighted by molar-refractivity contribution is 7.80. The van der Waals surface area contributed by atoms with Gasteiger partial charge in [-0.2, -0.15) is 0 Å². The summed E-state index contributed by atoms with van der Waals surface area (Å²) in [5.41, 5.74) is 5.69. The van der Waals surface area contributed by atoms with Crippen LogP contribution < -0.4 is 10.6 Å². The molecule has 5 heteroatoms. The Kier molecular flexibility index (Phi) is 5.14. The van der Waals surface area contributed by atoms with Gasteiger partial charge in [0.25, 0.3) is 0 Å². The predicted molar refractivity (Wildman–Crippen MR) is 86.7 cm³/mol. The molecule has 0 saturated heterocycles. The number of thiocarbonyl (C=S) groups is 1. The van der Waals surface area contributed by atoms with Crippen LogP contribution >= 0.6 is 12.2 Å². The van der Waals surface area contributed by atoms with Crippen LogP contribution in [0.15, 0.2) is 12.1 Å². The molecule has 0 bridgehead atoms. The predicted octanol–water partition coefficient (Wildman–Crippen LogP) is 4.00. The van der Waals surface area contributed by atoms with Gasteiger partial charge >= 0.3 is 0 Å². The Hall–Kier alpha value is -1.23. The first-order valence-electron chi connectivity index (χ1n) is 7.45. The summed E-state index contributed by atoms with van der Waals surface area (Å²) in [6, 6.07) is 2.62. The molecule has 1 aromatic rings. The molecule has 1 fully saturated rings. The van der Waals surface area contributed by atoms with Crippen molar-refractivity contribution in [3.63, 3.8) is 0 Å². The fraction of sp³-hybridized carbons (Fsp3) is 0.562. The molecule has 2 N–H and O–H groups in total. The highest BCUT2D eigenvalue weighted by Crippen LogP contribution is 2.33. The monoisotopic (exact) mass is 312 g/mol. The Morgan fingerprint density at radius 2 is 1.76 bits per heavy atom. The lowest BCUT2D eigenvalue weighted by atomic mass is 9.84. The Labute approximate surface area is 130 Å². The second-order valence-corrected chi connectivity index (χ2v) is 6.29. The van der Waals surface area contributed by atoms with E-state index in [1.807, 2.05) is 0 Å². The Bertz CT molecular complexity index is 502. The van der Waals surface area contributed by atoms with E-state index >= 15 is 0 Å². The van der Waals surface area contributed by atoms with Gasteiger partial charge in [0.2, 0.25) is 0 Å². The minimum absolute atomic E-state index is 0.00505. The number of nitrogens with zero attached hydrogens (tertiary/aromatic N) is 1. The van der Waals surface area contributed by atoms with Gasteiger partial charge in [0.1, 0.15) is 22.3 Å². The average Bonchev–Trinajstić information content (AvgIpc) is 2.46. The maximum absolute atomic E-state index is 14.2. The topological polar surface area (TPSA) is 29.3 Å². The van der Waals surface area contributed by atoms with Crippen LogP contribution in [0.25, 0.3) is 0 Å². The van der Waals surface area contributed by atoms with E-state index in [1.54, 1.807) is 11.9 Å². The van der Waals surface area contributed by atoms with Crippen LogP contribution in [-0.4, -0.2) is 18.1 Å². The van der Waals surface area contributed by atoms with Gasteiger partial charge in [-0.1, -0.05) is 25.6 Å². The van der Waals surface area contributed by atoms with Crippen molar-refractivity contribution in [2.45, 2.75) is 45.1 Å². The van der Waals surface area contributed by atoms with Crippen molar-refractivity contribution in [3.8, 4) is 0 Å². The molecule has 0 radical (unpaired) electrons. The van der Waals surface area contributed by atoms with Crippen LogP contribution in [0.2, 0.25) is 0 Å². The second kappa shape index (κ2) is 6.69. The lowest BCUT2D eigenvalue weighted by Crippen LogP contribution is -2.36. The van der Waals surface area contributed by atoms with Crippen LogP contribution in [-0.2, 0) is 0 Å². The summed E-state index contributed by atoms with van der Waals surface area (Å²) >= 11 is 4.77. The molecule has 2 nitrogen and oxygen atoms in total. The maximum atomic E-state index is 14.2. The third-order valence-corrected chi connectivity index (χ3v) is 4.83. The minimum Gasteiger partial charge on any atom is -0.389 e. The van der Waals surface area contributed by atoms with E-state index in [0.29, 0.717) is 0 Å². The molecule has 2 rings (SSSR count). The van der Waals surface area contributed by atoms with Crippen LogP contribution in [0.4, 0.5) is 14.5 Å². The largest absolute Gasteiger partial charge is 0.389 e. The van der Waals surface area contributed by atoms with Crippen LogP contribution in [0, 0.1) is 17.6 Å². The van der Waals surface area contributed by atoms with Gasteiger partial charge in [0, 0.05) is 18.7 Å². The Balaban J connectivity index is 2.20. The first-order chi connectivity index (χ1) is 9.93. The van der Waals surface area contributed by atoms with Gasteiger partial charge in [-0.25, -0.2) is 8.78 Å². The molecule has 0 atom stereocenters. The number of hydrogen-bond acceptors (Lipinski definition) is 2. The molecule has 0 heterocycles. The third kappa shape index (κ3) is 3.51. The van der Waals surface area contributed by atoms with E-state index in [2.05, 4.69) is 6.92 Å². The van der Waals surface area contributed by atoms with E-state index in [0.717, 1.165) is 31.6 Å². The third-order valence-electron chi connectivity index (χ3n) is 4.60. The molecule has 1 aliphatic rings. The quantitative estimate of drug-likeness (QED) is 0.852. The summed E-state index contributed by atoms with van der Waals surface area (Å²) in [6.07, 6.45) is 5.39. The Morgan fingerprint density at radius 3 is 2.19 bits per heavy atom. The van der Waals surface area contributed by atoms with Crippen molar-refractivity contribution >= 4 is 22.9 Å². The van der Waals surface area contributed by atoms with Crippen LogP contribution in [0.5, 0.6) is 0 Å². The van der Waals surface area contributed by atoms with Crippen LogP contribution in [0.3, 0.4) is 0 Å². The van der Waals surface area contributed by atoms with E-state index in [-0.39, 0.29) is 22.3 Å². The summed E-state index contributed by atoms with van der Waals surface area (Å²) in [5, 5.41) is 0. The molecule has 0 unspecified atom stereocenters. The molecule has 1 aromatic carbocycles. The number of rotatable bonds is 4. The molecular weight excluding hydrogens is 290 g/mol. The smallest absolute Gasteiger partial charge is 0.150 e. The first kappa shape index (κ1) is 16.1. The SMILES string of the molecule is CCC1CCC(N(C)c2c(F)cc(C(N)=S)cc2F)CC1. The number of benzene rings is 1. The zero-order chi connectivity index (χ0) is 15.6. The normalized spacial score (nSPS) is 22.1. The molecule has 0 aliphatic heterocycles. The maximum Gasteiger partial charge on any atom is 0.150 e. The highest BCUT2D eigenvalue weighted by atomic mass is 32.1. The second-order valence-electron chi connectivity index (χ2n) is 5.85. The standard InChI is InChI=1S/C16H22F2N2S/c1-3-10-4-6-12(7-5-10)20(2)15-13(17)8-11(16(19)21)9-14(15)18/h8-10,12H,3-7H2,1-2H3,(H2,19,21). The van der Waals surface area contributed by atoms with Crippen molar-refractivity contribution in [1.82, 2.24) is 0 Å². The van der Waals surface area contributed by atoms with E-state index < -0.39 is 11.6 Å². The molecule has 0 amide bonds. The molecule has 1 saturated carbocycles. The van der Waals surface area contributed by atoms with Crippen LogP contribution in [0.1, 0.15) is 44.6 Å². The van der Waals surface area contributed by atoms with E-state index in [4.69, 9.17) is 18.0 Å². The first-order valence-corrected chi connectivity index (χ1v) is 7.86. The molecule has 1 aliphatic carbocycles. The number of halogens is 2. The van der Waals surface area contributed by atoms with Crippen molar-refractivity contribution in [1.29, 1.82) is 0 Å². The van der Waals surface area contributed by atoms with E-state index in [9.17, 15) is 8.78 Å². The summed E-state index contributed by atoms with van der Waals surface area (Å²) in [5.74, 6) is -0.447. The van der Waals surface area contributed by atoms with Gasteiger partial charge in [0.05, 0.1) is 0 Å². The van der Waals surface area contributed by atoms with Crippen molar-refractivity contribution in [2.75, 3.05) is 11.9 Å². The van der Waals surface area contributed by atoms with E-state index in [1.165, 1.54) is 18.6 Å². The van der Waals surface area contributed by atoms with Crippen molar-refractivity contribution < 1.29 is 8.78 Å². The molecular formula is C16H22F2N2S. The van der Waals surface area contributed by atoms with Gasteiger partial charge in [-0.15, -0.1) is 0 Å². The minimum atomic E-state index is -0.599. The molecule has 116 valence electrons. The molecule has 21 heavy (non-hydrogen) atoms. The average molecular weight is 312 g/mol. The van der Waals surface area contributed by atoms with Crippen molar-refractivity contribution in [2.24, 2.45) is 11.7 Å². The van der Waals surface area contributed by atoms with Gasteiger partial charge in [-0.3, -0.25) is 0 Å². The number of anilines is 1. The fourth-order valence-electron chi connectivity index (χ4n) is 3.17. The lowest BCUT2D eigenvalue weighted by Gasteiger charge is -2.36. The summed E-state index contributed by atoms with van der Waals surface area (Å²) in [6.45, 7) is 2.20. The highest BCUT2D eigenvalue weighted by Gasteiger charge is 2.26. The number of hydrogen-bond donors (Lipinski definition) is 1. The Morgan fingerprint density at radius 1 is 1.24 bits per heavy atom. The van der Waals surface area contributed by atoms with Crippen molar-refractivity contribution in [3.05, 3.63) is 29.3 Å². The zero-order valence-corrected chi connectivity index (χ0v) is 13.4. The van der Waals surface area contributed by atoms with Gasteiger partial charge < -0.3 is 10.6 Å². The molecule has 0 spiro atoms. The van der Waals surface area contributed by atoms with Gasteiger partial charge in [-0.05, 0) is 43.7 Å². The molecule has 0 aromatic heterocycles.